The average molecular weight is 331 g/mol. The molecule has 3 aromatic rings. The number of benzene rings is 1. The van der Waals surface area contributed by atoms with Crippen LogP contribution in [0.1, 0.15) is 21.5 Å². The van der Waals surface area contributed by atoms with E-state index in [-0.39, 0.29) is 5.91 Å². The molecule has 0 saturated heterocycles. The first-order valence-electron chi connectivity index (χ1n) is 7.91. The summed E-state index contributed by atoms with van der Waals surface area (Å²) in [5.41, 5.74) is 2.94. The van der Waals surface area contributed by atoms with Gasteiger partial charge in [0.15, 0.2) is 0 Å². The van der Waals surface area contributed by atoms with E-state index in [4.69, 9.17) is 0 Å². The quantitative estimate of drug-likeness (QED) is 0.701. The van der Waals surface area contributed by atoms with Gasteiger partial charge in [-0.3, -0.25) is 9.78 Å². The lowest BCUT2D eigenvalue weighted by atomic mass is 10.1. The van der Waals surface area contributed by atoms with Crippen molar-refractivity contribution >= 4 is 22.6 Å². The number of carbonyl (C=O) groups excluding carboxylic acids is 1. The summed E-state index contributed by atoms with van der Waals surface area (Å²) in [5, 5.41) is 16.2. The fraction of sp³-hybridized carbons (Fsp3) is 0.158. The molecule has 124 valence electrons. The summed E-state index contributed by atoms with van der Waals surface area (Å²) in [5.74, 6) is 0.341. The molecule has 0 fully saturated rings. The number of pyridine rings is 2. The van der Waals surface area contributed by atoms with Gasteiger partial charge in [0.25, 0.3) is 5.91 Å². The summed E-state index contributed by atoms with van der Waals surface area (Å²) in [6.45, 7) is 2.87. The highest BCUT2D eigenvalue weighted by atomic mass is 16.1. The van der Waals surface area contributed by atoms with Crippen LogP contribution in [0.4, 0.5) is 5.82 Å². The van der Waals surface area contributed by atoms with E-state index in [1.165, 1.54) is 6.20 Å². The van der Waals surface area contributed by atoms with Crippen molar-refractivity contribution in [3.63, 3.8) is 0 Å². The number of carbonyl (C=O) groups is 1. The van der Waals surface area contributed by atoms with E-state index < -0.39 is 0 Å². The van der Waals surface area contributed by atoms with E-state index in [2.05, 4.69) is 26.7 Å². The SMILES string of the molecule is Cc1ccc2cc(C#N)c(NCCNC(=O)c3cccnc3)nc2c1. The van der Waals surface area contributed by atoms with E-state index in [9.17, 15) is 10.1 Å². The fourth-order valence-electron chi connectivity index (χ4n) is 2.45. The van der Waals surface area contributed by atoms with E-state index in [1.54, 1.807) is 18.3 Å². The largest absolute Gasteiger partial charge is 0.367 e. The molecule has 1 aromatic carbocycles. The number of anilines is 1. The van der Waals surface area contributed by atoms with Crippen LogP contribution in [0, 0.1) is 18.3 Å². The Labute approximate surface area is 145 Å². The zero-order valence-corrected chi connectivity index (χ0v) is 13.8. The third-order valence-electron chi connectivity index (χ3n) is 3.72. The van der Waals surface area contributed by atoms with Crippen molar-refractivity contribution in [2.75, 3.05) is 18.4 Å². The van der Waals surface area contributed by atoms with Gasteiger partial charge >= 0.3 is 0 Å². The van der Waals surface area contributed by atoms with Crippen LogP contribution in [0.25, 0.3) is 10.9 Å². The highest BCUT2D eigenvalue weighted by molar-refractivity contribution is 5.93. The van der Waals surface area contributed by atoms with Crippen molar-refractivity contribution in [1.82, 2.24) is 15.3 Å². The topological polar surface area (TPSA) is 90.7 Å². The van der Waals surface area contributed by atoms with Crippen molar-refractivity contribution in [2.24, 2.45) is 0 Å². The number of nitriles is 1. The number of amides is 1. The molecule has 0 unspecified atom stereocenters. The second kappa shape index (κ2) is 7.41. The third kappa shape index (κ3) is 3.90. The van der Waals surface area contributed by atoms with Gasteiger partial charge < -0.3 is 10.6 Å². The fourth-order valence-corrected chi connectivity index (χ4v) is 2.45. The molecule has 0 bridgehead atoms. The lowest BCUT2D eigenvalue weighted by Crippen LogP contribution is -2.29. The van der Waals surface area contributed by atoms with Gasteiger partial charge in [0.05, 0.1) is 16.6 Å². The van der Waals surface area contributed by atoms with Crippen LogP contribution in [0.15, 0.2) is 48.8 Å². The second-order valence-electron chi connectivity index (χ2n) is 5.62. The van der Waals surface area contributed by atoms with Crippen molar-refractivity contribution in [1.29, 1.82) is 5.26 Å². The summed E-state index contributed by atoms with van der Waals surface area (Å²) >= 11 is 0. The molecule has 1 amide bonds. The van der Waals surface area contributed by atoms with Gasteiger partial charge in [-0.2, -0.15) is 5.26 Å². The maximum absolute atomic E-state index is 11.9. The Kier molecular flexibility index (Phi) is 4.86. The Morgan fingerprint density at radius 3 is 2.88 bits per heavy atom. The molecule has 0 radical (unpaired) electrons. The summed E-state index contributed by atoms with van der Waals surface area (Å²) in [6, 6.07) is 13.3. The van der Waals surface area contributed by atoms with E-state index in [0.29, 0.717) is 30.0 Å². The van der Waals surface area contributed by atoms with Gasteiger partial charge in [0.2, 0.25) is 0 Å². The zero-order chi connectivity index (χ0) is 17.6. The second-order valence-corrected chi connectivity index (χ2v) is 5.62. The number of rotatable bonds is 5. The molecule has 0 aliphatic rings. The van der Waals surface area contributed by atoms with E-state index in [1.807, 2.05) is 31.2 Å². The summed E-state index contributed by atoms with van der Waals surface area (Å²) in [7, 11) is 0. The molecule has 0 spiro atoms. The maximum atomic E-state index is 11.9. The smallest absolute Gasteiger partial charge is 0.252 e. The summed E-state index contributed by atoms with van der Waals surface area (Å²) in [4.78, 5) is 20.4. The Hall–Kier alpha value is -3.46. The lowest BCUT2D eigenvalue weighted by molar-refractivity contribution is 0.0955. The first kappa shape index (κ1) is 16.4. The minimum absolute atomic E-state index is 0.183. The van der Waals surface area contributed by atoms with Crippen LogP contribution < -0.4 is 10.6 Å². The van der Waals surface area contributed by atoms with Crippen molar-refractivity contribution < 1.29 is 4.79 Å². The van der Waals surface area contributed by atoms with Crippen LogP contribution in [-0.4, -0.2) is 29.0 Å². The molecular formula is C19H17N5O. The summed E-state index contributed by atoms with van der Waals surface area (Å²) in [6.07, 6.45) is 3.14. The summed E-state index contributed by atoms with van der Waals surface area (Å²) < 4.78 is 0. The van der Waals surface area contributed by atoms with Gasteiger partial charge in [-0.15, -0.1) is 0 Å². The molecular weight excluding hydrogens is 314 g/mol. The van der Waals surface area contributed by atoms with Gasteiger partial charge in [-0.05, 0) is 36.8 Å². The molecule has 2 aromatic heterocycles. The standard InChI is InChI=1S/C19H17N5O/c1-13-4-5-14-10-16(11-20)18(24-17(14)9-13)22-7-8-23-19(25)15-3-2-6-21-12-15/h2-6,9-10,12H,7-8H2,1H3,(H,22,24)(H,23,25). The number of aryl methyl sites for hydroxylation is 1. The van der Waals surface area contributed by atoms with Crippen LogP contribution in [0.2, 0.25) is 0 Å². The normalized spacial score (nSPS) is 10.2. The van der Waals surface area contributed by atoms with Crippen LogP contribution >= 0.6 is 0 Å². The van der Waals surface area contributed by atoms with Gasteiger partial charge in [-0.25, -0.2) is 4.98 Å². The average Bonchev–Trinajstić information content (AvgIpc) is 2.65. The number of hydrogen-bond donors (Lipinski definition) is 2. The Morgan fingerprint density at radius 2 is 2.12 bits per heavy atom. The Balaban J connectivity index is 1.65. The van der Waals surface area contributed by atoms with Crippen molar-refractivity contribution in [3.8, 4) is 6.07 Å². The Morgan fingerprint density at radius 1 is 1.24 bits per heavy atom. The monoisotopic (exact) mass is 331 g/mol. The number of aromatic nitrogens is 2. The first-order chi connectivity index (χ1) is 12.2. The predicted octanol–water partition coefficient (Wildman–Crippen LogP) is 2.65. The van der Waals surface area contributed by atoms with Gasteiger partial charge in [-0.1, -0.05) is 12.1 Å². The minimum atomic E-state index is -0.183. The van der Waals surface area contributed by atoms with Crippen LogP contribution in [-0.2, 0) is 0 Å². The molecule has 0 aliphatic heterocycles. The molecule has 2 N–H and O–H groups in total. The first-order valence-corrected chi connectivity index (χ1v) is 7.91. The molecule has 6 nitrogen and oxygen atoms in total. The van der Waals surface area contributed by atoms with Crippen LogP contribution in [0.3, 0.4) is 0 Å². The molecule has 25 heavy (non-hydrogen) atoms. The number of nitrogens with one attached hydrogen (secondary N) is 2. The Bertz CT molecular complexity index is 947. The number of hydrogen-bond acceptors (Lipinski definition) is 5. The highest BCUT2D eigenvalue weighted by Crippen LogP contribution is 2.20. The molecule has 2 heterocycles. The van der Waals surface area contributed by atoms with E-state index in [0.717, 1.165) is 16.5 Å². The molecule has 3 rings (SSSR count). The number of nitrogens with zero attached hydrogens (tertiary/aromatic N) is 3. The lowest BCUT2D eigenvalue weighted by Gasteiger charge is -2.10. The van der Waals surface area contributed by atoms with Gasteiger partial charge in [0.1, 0.15) is 11.9 Å². The zero-order valence-electron chi connectivity index (χ0n) is 13.8. The third-order valence-corrected chi connectivity index (χ3v) is 3.72. The predicted molar refractivity (Wildman–Crippen MR) is 96.3 cm³/mol. The molecule has 0 aliphatic carbocycles. The van der Waals surface area contributed by atoms with Crippen LogP contribution in [0.5, 0.6) is 0 Å². The van der Waals surface area contributed by atoms with Crippen molar-refractivity contribution in [2.45, 2.75) is 6.92 Å². The molecule has 0 atom stereocenters. The molecule has 0 saturated carbocycles. The van der Waals surface area contributed by atoms with Gasteiger partial charge in [0, 0.05) is 30.9 Å². The van der Waals surface area contributed by atoms with Crippen molar-refractivity contribution in [3.05, 3.63) is 65.5 Å². The highest BCUT2D eigenvalue weighted by Gasteiger charge is 2.08. The maximum Gasteiger partial charge on any atom is 0.252 e. The number of fused-ring (bicyclic) bond motifs is 1. The van der Waals surface area contributed by atoms with E-state index >= 15 is 0 Å². The minimum Gasteiger partial charge on any atom is -0.367 e. The molecule has 6 heteroatoms.